The van der Waals surface area contributed by atoms with E-state index in [1.54, 1.807) is 7.05 Å². The van der Waals surface area contributed by atoms with E-state index in [4.69, 9.17) is 4.99 Å². The summed E-state index contributed by atoms with van der Waals surface area (Å²) >= 11 is 0. The van der Waals surface area contributed by atoms with Crippen LogP contribution in [0.1, 0.15) is 25.0 Å². The van der Waals surface area contributed by atoms with Crippen molar-refractivity contribution in [3.05, 3.63) is 29.3 Å². The third-order valence-corrected chi connectivity index (χ3v) is 5.53. The Morgan fingerprint density at radius 2 is 1.86 bits per heavy atom. The summed E-state index contributed by atoms with van der Waals surface area (Å²) in [6, 6.07) is 5.15. The molecule has 0 aromatic heterocycles. The number of Topliss-reactive ketones (excluding diaryl/α,β-unsaturated/α-hetero) is 1. The van der Waals surface area contributed by atoms with Crippen LogP contribution in [0.2, 0.25) is 0 Å². The lowest BCUT2D eigenvalue weighted by molar-refractivity contribution is -0.545. The van der Waals surface area contributed by atoms with E-state index in [0.29, 0.717) is 24.3 Å². The van der Waals surface area contributed by atoms with Crippen molar-refractivity contribution in [3.8, 4) is 0 Å². The zero-order valence-corrected chi connectivity index (χ0v) is 17.5. The zero-order chi connectivity index (χ0) is 21.0. The summed E-state index contributed by atoms with van der Waals surface area (Å²) in [5, 5.41) is 0. The average Bonchev–Trinajstić information content (AvgIpc) is 3.01. The molecule has 0 bridgehead atoms. The highest BCUT2D eigenvalue weighted by molar-refractivity contribution is 6.24. The molecule has 3 heterocycles. The van der Waals surface area contributed by atoms with Crippen LogP contribution in [-0.2, 0) is 9.59 Å². The molecule has 1 saturated heterocycles. The topological polar surface area (TPSA) is 76.3 Å². The largest absolute Gasteiger partial charge is 0.397 e. The van der Waals surface area contributed by atoms with Gasteiger partial charge in [0.1, 0.15) is 11.5 Å². The first-order chi connectivity index (χ1) is 13.7. The number of nitrogens with zero attached hydrogens (tertiary/aromatic N) is 5. The van der Waals surface area contributed by atoms with E-state index in [1.165, 1.54) is 11.8 Å². The molecule has 1 aromatic carbocycles. The molecular weight excluding hydrogens is 370 g/mol. The summed E-state index contributed by atoms with van der Waals surface area (Å²) < 4.78 is 1.97. The average molecular weight is 396 g/mol. The monoisotopic (exact) mass is 396 g/mol. The van der Waals surface area contributed by atoms with Gasteiger partial charge in [-0.1, -0.05) is 18.0 Å². The summed E-state index contributed by atoms with van der Waals surface area (Å²) in [6.45, 7) is 8.86. The maximum atomic E-state index is 13.2. The molecule has 3 aliphatic heterocycles. The molecule has 1 aromatic rings. The molecule has 0 radical (unpaired) electrons. The molecule has 4 rings (SSSR count). The minimum Gasteiger partial charge on any atom is -0.298 e. The number of ketones is 1. The van der Waals surface area contributed by atoms with E-state index in [1.807, 2.05) is 4.58 Å². The van der Waals surface area contributed by atoms with Gasteiger partial charge < -0.3 is 0 Å². The fraction of sp³-hybridized carbons (Fsp3) is 0.476. The van der Waals surface area contributed by atoms with E-state index < -0.39 is 12.1 Å². The van der Waals surface area contributed by atoms with E-state index in [-0.39, 0.29) is 18.2 Å². The standard InChI is InChI=1S/C21H26N5O3/c1-12-6-13(2)8-16(7-12)24-9-14(3)10-25-17-18(22-20(24)25)23(5)21(29)26(19(17)28)11-15(4)27/h6-8,14,17H,9-11H2,1-5H3/q+1. The maximum absolute atomic E-state index is 13.2. The first-order valence-corrected chi connectivity index (χ1v) is 9.84. The number of rotatable bonds is 3. The van der Waals surface area contributed by atoms with Crippen LogP contribution in [0.3, 0.4) is 0 Å². The molecule has 0 saturated carbocycles. The van der Waals surface area contributed by atoms with Gasteiger partial charge in [0.2, 0.25) is 11.9 Å². The molecule has 3 aliphatic rings. The number of fused-ring (bicyclic) bond motifs is 2. The Kier molecular flexibility index (Phi) is 4.52. The predicted octanol–water partition coefficient (Wildman–Crippen LogP) is 1.39. The van der Waals surface area contributed by atoms with Gasteiger partial charge in [-0.3, -0.25) is 19.4 Å². The number of urea groups is 1. The van der Waals surface area contributed by atoms with Crippen molar-refractivity contribution in [2.24, 2.45) is 10.9 Å². The van der Waals surface area contributed by atoms with Gasteiger partial charge in [-0.05, 0) is 44.0 Å². The van der Waals surface area contributed by atoms with Gasteiger partial charge in [0.25, 0.3) is 5.91 Å². The van der Waals surface area contributed by atoms with Gasteiger partial charge in [-0.25, -0.2) is 14.3 Å². The predicted molar refractivity (Wildman–Crippen MR) is 109 cm³/mol. The Morgan fingerprint density at radius 1 is 1.21 bits per heavy atom. The number of aliphatic imine (C=N–C) groups is 1. The summed E-state index contributed by atoms with van der Waals surface area (Å²) in [4.78, 5) is 46.8. The second-order valence-corrected chi connectivity index (χ2v) is 8.35. The number of amides is 3. The molecule has 3 amide bonds. The lowest BCUT2D eigenvalue weighted by atomic mass is 10.1. The van der Waals surface area contributed by atoms with Crippen molar-refractivity contribution in [2.45, 2.75) is 33.7 Å². The van der Waals surface area contributed by atoms with Gasteiger partial charge in [-0.15, -0.1) is 0 Å². The smallest absolute Gasteiger partial charge is 0.298 e. The van der Waals surface area contributed by atoms with Gasteiger partial charge in [-0.2, -0.15) is 0 Å². The molecule has 0 N–H and O–H groups in total. The van der Waals surface area contributed by atoms with Crippen molar-refractivity contribution in [1.29, 1.82) is 0 Å². The number of amidine groups is 1. The number of imide groups is 1. The van der Waals surface area contributed by atoms with Crippen molar-refractivity contribution < 1.29 is 19.0 Å². The Hall–Kier alpha value is -3.03. The van der Waals surface area contributed by atoms with Crippen molar-refractivity contribution in [2.75, 3.05) is 31.6 Å². The van der Waals surface area contributed by atoms with Crippen LogP contribution >= 0.6 is 0 Å². The first kappa shape index (κ1) is 19.3. The third kappa shape index (κ3) is 3.12. The van der Waals surface area contributed by atoms with E-state index in [0.717, 1.165) is 28.3 Å². The van der Waals surface area contributed by atoms with Crippen LogP contribution < -0.4 is 4.90 Å². The normalized spacial score (nSPS) is 24.0. The number of hydrogen-bond acceptors (Lipinski definition) is 5. The second kappa shape index (κ2) is 6.79. The van der Waals surface area contributed by atoms with Gasteiger partial charge in [0.15, 0.2) is 0 Å². The van der Waals surface area contributed by atoms with Crippen molar-refractivity contribution in [3.63, 3.8) is 0 Å². The van der Waals surface area contributed by atoms with Gasteiger partial charge >= 0.3 is 12.0 Å². The number of carbonyl (C=O) groups excluding carboxylic acids is 3. The lowest BCUT2D eigenvalue weighted by Gasteiger charge is -2.35. The SMILES string of the molecule is CC(=O)CN1C(=O)C2C(=NC3=[N+]2CC(C)CN3c2cc(C)cc(C)c2)N(C)C1=O. The highest BCUT2D eigenvalue weighted by Crippen LogP contribution is 2.29. The Bertz CT molecular complexity index is 976. The number of benzene rings is 1. The Morgan fingerprint density at radius 3 is 2.48 bits per heavy atom. The van der Waals surface area contributed by atoms with E-state index in [2.05, 4.69) is 43.9 Å². The molecule has 1 fully saturated rings. The van der Waals surface area contributed by atoms with Crippen LogP contribution in [0, 0.1) is 19.8 Å². The number of anilines is 1. The summed E-state index contributed by atoms with van der Waals surface area (Å²) in [5.74, 6) is 0.799. The Balaban J connectivity index is 1.80. The third-order valence-electron chi connectivity index (χ3n) is 5.53. The van der Waals surface area contributed by atoms with Crippen LogP contribution in [-0.4, -0.2) is 76.6 Å². The molecule has 8 heteroatoms. The van der Waals surface area contributed by atoms with E-state index in [9.17, 15) is 14.4 Å². The zero-order valence-electron chi connectivity index (χ0n) is 17.5. The highest BCUT2D eigenvalue weighted by atomic mass is 16.2. The first-order valence-electron chi connectivity index (χ1n) is 9.84. The van der Waals surface area contributed by atoms with Crippen LogP contribution in [0.15, 0.2) is 23.2 Å². The minimum absolute atomic E-state index is 0.217. The molecule has 29 heavy (non-hydrogen) atoms. The molecule has 2 atom stereocenters. The second-order valence-electron chi connectivity index (χ2n) is 8.35. The fourth-order valence-electron chi connectivity index (χ4n) is 4.39. The highest BCUT2D eigenvalue weighted by Gasteiger charge is 2.55. The number of hydrogen-bond donors (Lipinski definition) is 0. The maximum Gasteiger partial charge on any atom is 0.397 e. The Labute approximate surface area is 170 Å². The van der Waals surface area contributed by atoms with Gasteiger partial charge in [0, 0.05) is 13.0 Å². The number of aryl methyl sites for hydroxylation is 2. The molecule has 152 valence electrons. The molecule has 2 unspecified atom stereocenters. The number of carbonyl (C=O) groups is 3. The number of likely N-dealkylation sites (N-methyl/N-ethyl adjacent to an activating group) is 1. The molecule has 8 nitrogen and oxygen atoms in total. The van der Waals surface area contributed by atoms with Crippen LogP contribution in [0.5, 0.6) is 0 Å². The van der Waals surface area contributed by atoms with Crippen molar-refractivity contribution in [1.82, 2.24) is 9.80 Å². The van der Waals surface area contributed by atoms with Gasteiger partial charge in [0.05, 0.1) is 19.6 Å². The molecule has 0 spiro atoms. The molecular formula is C21H26N5O3+. The van der Waals surface area contributed by atoms with Crippen LogP contribution in [0.4, 0.5) is 10.5 Å². The number of guanidine groups is 1. The quantitative estimate of drug-likeness (QED) is 0.724. The van der Waals surface area contributed by atoms with Crippen molar-refractivity contribution >= 4 is 35.2 Å². The molecule has 0 aliphatic carbocycles. The lowest BCUT2D eigenvalue weighted by Crippen LogP contribution is -2.64. The minimum atomic E-state index is -0.678. The summed E-state index contributed by atoms with van der Waals surface area (Å²) in [6.07, 6.45) is 0. The summed E-state index contributed by atoms with van der Waals surface area (Å²) in [5.41, 5.74) is 3.34. The van der Waals surface area contributed by atoms with Crippen LogP contribution in [0.25, 0.3) is 0 Å². The summed E-state index contributed by atoms with van der Waals surface area (Å²) in [7, 11) is 1.61. The fourth-order valence-corrected chi connectivity index (χ4v) is 4.39. The van der Waals surface area contributed by atoms with E-state index >= 15 is 0 Å².